The molecule has 0 atom stereocenters. The van der Waals surface area contributed by atoms with Gasteiger partial charge in [0.2, 0.25) is 0 Å². The lowest BCUT2D eigenvalue weighted by atomic mass is 9.73. The highest BCUT2D eigenvalue weighted by Crippen LogP contribution is 1.77. The van der Waals surface area contributed by atoms with Crippen LogP contribution in [0.3, 0.4) is 0 Å². The van der Waals surface area contributed by atoms with Crippen molar-refractivity contribution in [3.63, 3.8) is 0 Å². The molecule has 0 aliphatic heterocycles. The molecule has 0 heterocycles. The molecule has 1 radical (unpaired) electrons. The predicted octanol–water partition coefficient (Wildman–Crippen LogP) is 1.81. The number of hydrogen-bond acceptors (Lipinski definition) is 0. The van der Waals surface area contributed by atoms with E-state index in [-0.39, 0.29) is 1.43 Å². The van der Waals surface area contributed by atoms with Crippen LogP contribution in [0.5, 0.6) is 0 Å². The minimum atomic E-state index is 0. The van der Waals surface area contributed by atoms with E-state index in [0.29, 0.717) is 0 Å². The molecule has 0 aromatic carbocycles. The van der Waals surface area contributed by atoms with Crippen molar-refractivity contribution in [1.29, 1.82) is 0 Å². The summed E-state index contributed by atoms with van der Waals surface area (Å²) < 4.78 is 0. The molecule has 0 aliphatic rings. The van der Waals surface area contributed by atoms with Crippen LogP contribution < -0.4 is 0 Å². The quantitative estimate of drug-likeness (QED) is 0.435. The topological polar surface area (TPSA) is 0 Å². The lowest BCUT2D eigenvalue weighted by Gasteiger charge is -1.75. The van der Waals surface area contributed by atoms with E-state index in [2.05, 4.69) is 21.1 Å². The third kappa shape index (κ3) is 4.06. The molecule has 0 aromatic heterocycles. The van der Waals surface area contributed by atoms with Gasteiger partial charge in [0.25, 0.3) is 0 Å². The zero-order valence-corrected chi connectivity index (χ0v) is 3.99. The van der Waals surface area contributed by atoms with Crippen molar-refractivity contribution >= 4 is 7.28 Å². The van der Waals surface area contributed by atoms with Crippen LogP contribution in [0.15, 0.2) is 0 Å². The minimum Gasteiger partial charge on any atom is -0.0831 e. The van der Waals surface area contributed by atoms with Crippen molar-refractivity contribution < 1.29 is 1.43 Å². The van der Waals surface area contributed by atoms with Crippen LogP contribution >= 0.6 is 0 Å². The normalized spacial score (nSPS) is 7.60. The van der Waals surface area contributed by atoms with Crippen LogP contribution in [0.25, 0.3) is 0 Å². The largest absolute Gasteiger partial charge is 0.108 e. The van der Waals surface area contributed by atoms with E-state index in [1.54, 1.807) is 0 Å². The molecule has 0 aliphatic carbocycles. The van der Waals surface area contributed by atoms with Gasteiger partial charge in [-0.15, -0.1) is 0 Å². The lowest BCUT2D eigenvalue weighted by molar-refractivity contribution is 1.36. The highest BCUT2D eigenvalue weighted by Gasteiger charge is 1.72. The first-order chi connectivity index (χ1) is 2.41. The van der Waals surface area contributed by atoms with Crippen LogP contribution in [-0.2, 0) is 0 Å². The molecule has 0 saturated carbocycles. The highest BCUT2D eigenvalue weighted by molar-refractivity contribution is 6.34. The van der Waals surface area contributed by atoms with Gasteiger partial charge < -0.3 is 0 Å². The molecule has 0 amide bonds. The smallest absolute Gasteiger partial charge is 0.0831 e. The Morgan fingerprint density at radius 3 is 1.80 bits per heavy atom. The second-order valence-corrected chi connectivity index (χ2v) is 1.11. The fourth-order valence-corrected chi connectivity index (χ4v) is 0.289. The van der Waals surface area contributed by atoms with Crippen molar-refractivity contribution in [3.8, 4) is 0 Å². The third-order valence-corrected chi connectivity index (χ3v) is 0.577. The minimum absolute atomic E-state index is 0. The zero-order valence-electron chi connectivity index (χ0n) is 3.99. The maximum Gasteiger partial charge on any atom is 0.108 e. The van der Waals surface area contributed by atoms with Crippen LogP contribution in [0.2, 0.25) is 12.6 Å². The van der Waals surface area contributed by atoms with E-state index >= 15 is 0 Å². The predicted molar refractivity (Wildman–Crippen MR) is 28.8 cm³/mol. The molecule has 31 valence electrons. The summed E-state index contributed by atoms with van der Waals surface area (Å²) in [4.78, 5) is 0. The maximum atomic E-state index is 2.25. The summed E-state index contributed by atoms with van der Waals surface area (Å²) in [5.74, 6) is 0. The first-order valence-electron chi connectivity index (χ1n) is 2.23. The fraction of sp³-hybridized carbons (Fsp3) is 1.00. The Morgan fingerprint density at radius 2 is 1.80 bits per heavy atom. The van der Waals surface area contributed by atoms with E-state index in [1.165, 1.54) is 12.6 Å². The molecule has 0 unspecified atom stereocenters. The average molecular weight is 71.0 g/mol. The van der Waals surface area contributed by atoms with Gasteiger partial charge in [0.1, 0.15) is 7.28 Å². The third-order valence-electron chi connectivity index (χ3n) is 0.577. The molecular formula is C4H12B. The monoisotopic (exact) mass is 71.1 g/mol. The van der Waals surface area contributed by atoms with Crippen molar-refractivity contribution in [2.75, 3.05) is 0 Å². The molecule has 0 bridgehead atoms. The molecule has 5 heavy (non-hydrogen) atoms. The van der Waals surface area contributed by atoms with Crippen molar-refractivity contribution in [2.45, 2.75) is 26.5 Å². The summed E-state index contributed by atoms with van der Waals surface area (Å²) in [5, 5.41) is 0. The van der Waals surface area contributed by atoms with Gasteiger partial charge in [-0.1, -0.05) is 26.5 Å². The van der Waals surface area contributed by atoms with Gasteiger partial charge in [0.15, 0.2) is 0 Å². The maximum absolute atomic E-state index is 2.25. The molecule has 0 fully saturated rings. The van der Waals surface area contributed by atoms with Gasteiger partial charge in [-0.05, 0) is 0 Å². The summed E-state index contributed by atoms with van der Waals surface area (Å²) in [6.07, 6.45) is 2.44. The Morgan fingerprint density at radius 1 is 1.40 bits per heavy atom. The summed E-state index contributed by atoms with van der Waals surface area (Å²) in [5.41, 5.74) is 0. The zero-order chi connectivity index (χ0) is 4.12. The molecule has 0 aromatic rings. The highest BCUT2D eigenvalue weighted by atomic mass is 13.5. The van der Waals surface area contributed by atoms with E-state index in [0.717, 1.165) is 0 Å². The summed E-state index contributed by atoms with van der Waals surface area (Å²) in [6.45, 7) is 4.31. The number of hydrogen-bond donors (Lipinski definition) is 0. The molecule has 0 N–H and O–H groups in total. The van der Waals surface area contributed by atoms with Crippen molar-refractivity contribution in [1.82, 2.24) is 0 Å². The second-order valence-electron chi connectivity index (χ2n) is 1.11. The van der Waals surface area contributed by atoms with E-state index in [4.69, 9.17) is 0 Å². The molecule has 0 saturated heterocycles. The summed E-state index contributed by atoms with van der Waals surface area (Å²) in [6, 6.07) is 0. The van der Waals surface area contributed by atoms with Crippen molar-refractivity contribution in [2.24, 2.45) is 0 Å². The average Bonchev–Trinajstić information content (AvgIpc) is 1.41. The Hall–Kier alpha value is 0.0649. The Labute approximate surface area is 36.3 Å². The van der Waals surface area contributed by atoms with Crippen LogP contribution in [0.1, 0.15) is 15.3 Å². The standard InChI is InChI=1S/C4H10B.H2/c1-3-5-4-2;/h3-4H2,1-2H3;1H. The first-order valence-corrected chi connectivity index (χ1v) is 2.23. The lowest BCUT2D eigenvalue weighted by Crippen LogP contribution is -1.76. The van der Waals surface area contributed by atoms with Crippen LogP contribution in [0, 0.1) is 0 Å². The van der Waals surface area contributed by atoms with Gasteiger partial charge in [-0.3, -0.25) is 0 Å². The van der Waals surface area contributed by atoms with Crippen molar-refractivity contribution in [3.05, 3.63) is 0 Å². The van der Waals surface area contributed by atoms with Gasteiger partial charge >= 0.3 is 0 Å². The van der Waals surface area contributed by atoms with Gasteiger partial charge in [0.05, 0.1) is 0 Å². The Bertz CT molecular complexity index is 15.0. The Kier molecular flexibility index (Phi) is 4.12. The molecular weight excluding hydrogens is 58.9 g/mol. The summed E-state index contributed by atoms with van der Waals surface area (Å²) >= 11 is 0. The molecule has 0 nitrogen and oxygen atoms in total. The molecule has 0 rings (SSSR count). The second kappa shape index (κ2) is 4.06. The van der Waals surface area contributed by atoms with E-state index in [1.807, 2.05) is 0 Å². The Balaban J connectivity index is 0. The number of rotatable bonds is 2. The van der Waals surface area contributed by atoms with E-state index in [9.17, 15) is 0 Å². The van der Waals surface area contributed by atoms with Crippen LogP contribution in [-0.4, -0.2) is 7.28 Å². The molecule has 0 spiro atoms. The molecule has 1 heteroatoms. The van der Waals surface area contributed by atoms with Gasteiger partial charge in [-0.2, -0.15) is 0 Å². The summed E-state index contributed by atoms with van der Waals surface area (Å²) in [7, 11) is 2.25. The first kappa shape index (κ1) is 5.06. The van der Waals surface area contributed by atoms with Gasteiger partial charge in [-0.25, -0.2) is 0 Å². The van der Waals surface area contributed by atoms with E-state index < -0.39 is 0 Å². The fourth-order valence-electron chi connectivity index (χ4n) is 0.289. The SMILES string of the molecule is CC[B]CC.[HH]. The van der Waals surface area contributed by atoms with Gasteiger partial charge in [0, 0.05) is 1.43 Å². The van der Waals surface area contributed by atoms with Crippen LogP contribution in [0.4, 0.5) is 0 Å².